The van der Waals surface area contributed by atoms with Gasteiger partial charge in [-0.25, -0.2) is 4.68 Å². The third-order valence-corrected chi connectivity index (χ3v) is 5.54. The van der Waals surface area contributed by atoms with Crippen molar-refractivity contribution in [2.45, 2.75) is 6.92 Å². The molecule has 0 fully saturated rings. The molecule has 5 aromatic rings. The standard InChI is InChI=1S/C26H23N7O4/c1-16-13-22(28-23(34)12-10-17-9-11-20(36-2)21(14-17)37-3)33(31-16)26-29-24-19(25(35)30-26)15-27-32(24)18-7-5-4-6-8-18/h4-15H,1-3H3,(H,28,34)(H,29,30,35)/b12-10-. The molecule has 0 aliphatic rings. The molecule has 3 aromatic heterocycles. The number of ether oxygens (including phenoxy) is 2. The predicted octanol–water partition coefficient (Wildman–Crippen LogP) is 3.27. The van der Waals surface area contributed by atoms with Gasteiger partial charge in [0.2, 0.25) is 11.9 Å². The van der Waals surface area contributed by atoms with Crippen LogP contribution in [0.3, 0.4) is 0 Å². The van der Waals surface area contributed by atoms with Crippen LogP contribution in [0, 0.1) is 6.92 Å². The maximum Gasteiger partial charge on any atom is 0.263 e. The first-order valence-electron chi connectivity index (χ1n) is 11.3. The third kappa shape index (κ3) is 4.69. The minimum atomic E-state index is -0.395. The summed E-state index contributed by atoms with van der Waals surface area (Å²) in [6.45, 7) is 1.77. The van der Waals surface area contributed by atoms with Gasteiger partial charge in [0.15, 0.2) is 17.1 Å². The van der Waals surface area contributed by atoms with Crippen molar-refractivity contribution in [2.24, 2.45) is 0 Å². The number of benzene rings is 2. The smallest absolute Gasteiger partial charge is 0.263 e. The van der Waals surface area contributed by atoms with Crippen LogP contribution in [0.4, 0.5) is 5.82 Å². The second-order valence-electron chi connectivity index (χ2n) is 8.04. The van der Waals surface area contributed by atoms with E-state index in [1.54, 1.807) is 56.2 Å². The van der Waals surface area contributed by atoms with Crippen LogP contribution < -0.4 is 20.3 Å². The van der Waals surface area contributed by atoms with Crippen molar-refractivity contribution in [3.8, 4) is 23.1 Å². The summed E-state index contributed by atoms with van der Waals surface area (Å²) in [7, 11) is 3.10. The Bertz CT molecular complexity index is 1680. The molecule has 2 N–H and O–H groups in total. The summed E-state index contributed by atoms with van der Waals surface area (Å²) >= 11 is 0. The van der Waals surface area contributed by atoms with Crippen molar-refractivity contribution in [3.05, 3.63) is 88.5 Å². The highest BCUT2D eigenvalue weighted by Crippen LogP contribution is 2.28. The fourth-order valence-electron chi connectivity index (χ4n) is 3.81. The molecule has 5 rings (SSSR count). The van der Waals surface area contributed by atoms with Crippen LogP contribution in [-0.2, 0) is 4.79 Å². The van der Waals surface area contributed by atoms with E-state index in [9.17, 15) is 9.59 Å². The van der Waals surface area contributed by atoms with Crippen molar-refractivity contribution in [3.63, 3.8) is 0 Å². The Labute approximate surface area is 211 Å². The number of anilines is 1. The van der Waals surface area contributed by atoms with Gasteiger partial charge in [-0.1, -0.05) is 24.3 Å². The lowest BCUT2D eigenvalue weighted by Crippen LogP contribution is -2.18. The number of methoxy groups -OCH3 is 2. The highest BCUT2D eigenvalue weighted by molar-refractivity contribution is 6.01. The van der Waals surface area contributed by atoms with E-state index in [0.29, 0.717) is 34.0 Å². The van der Waals surface area contributed by atoms with Crippen LogP contribution in [0.1, 0.15) is 11.3 Å². The quantitative estimate of drug-likeness (QED) is 0.330. The van der Waals surface area contributed by atoms with Crippen molar-refractivity contribution < 1.29 is 14.3 Å². The Morgan fingerprint density at radius 1 is 1.03 bits per heavy atom. The van der Waals surface area contributed by atoms with E-state index in [1.807, 2.05) is 30.3 Å². The number of carbonyl (C=O) groups excluding carboxylic acids is 1. The molecule has 0 aliphatic carbocycles. The molecular formula is C26H23N7O4. The number of para-hydroxylation sites is 1. The second kappa shape index (κ2) is 9.82. The second-order valence-corrected chi connectivity index (χ2v) is 8.04. The number of aromatic nitrogens is 6. The number of aromatic amines is 1. The predicted molar refractivity (Wildman–Crippen MR) is 139 cm³/mol. The van der Waals surface area contributed by atoms with Gasteiger partial charge in [0.05, 0.1) is 31.8 Å². The summed E-state index contributed by atoms with van der Waals surface area (Å²) in [6, 6.07) is 16.4. The van der Waals surface area contributed by atoms with Crippen molar-refractivity contribution in [1.82, 2.24) is 29.5 Å². The monoisotopic (exact) mass is 497 g/mol. The molecule has 0 atom stereocenters. The molecule has 0 aliphatic heterocycles. The first kappa shape index (κ1) is 23.5. The van der Waals surface area contributed by atoms with E-state index >= 15 is 0 Å². The minimum absolute atomic E-state index is 0.141. The molecule has 186 valence electrons. The average molecular weight is 498 g/mol. The zero-order chi connectivity index (χ0) is 25.9. The number of hydrogen-bond donors (Lipinski definition) is 2. The van der Waals surface area contributed by atoms with Crippen LogP contribution in [0.15, 0.2) is 71.7 Å². The summed E-state index contributed by atoms with van der Waals surface area (Å²) in [4.78, 5) is 32.9. The van der Waals surface area contributed by atoms with E-state index in [1.165, 1.54) is 17.0 Å². The van der Waals surface area contributed by atoms with Gasteiger partial charge in [0, 0.05) is 12.1 Å². The van der Waals surface area contributed by atoms with Gasteiger partial charge in [-0.2, -0.15) is 19.9 Å². The lowest BCUT2D eigenvalue weighted by molar-refractivity contribution is -0.111. The third-order valence-electron chi connectivity index (χ3n) is 5.54. The van der Waals surface area contributed by atoms with Gasteiger partial charge < -0.3 is 14.8 Å². The van der Waals surface area contributed by atoms with Crippen molar-refractivity contribution >= 4 is 28.8 Å². The molecule has 11 heteroatoms. The van der Waals surface area contributed by atoms with Gasteiger partial charge >= 0.3 is 0 Å². The molecule has 37 heavy (non-hydrogen) atoms. The number of fused-ring (bicyclic) bond motifs is 1. The lowest BCUT2D eigenvalue weighted by atomic mass is 10.2. The fourth-order valence-corrected chi connectivity index (χ4v) is 3.81. The Hall–Kier alpha value is -5.19. The topological polar surface area (TPSA) is 129 Å². The molecule has 0 bridgehead atoms. The number of amides is 1. The lowest BCUT2D eigenvalue weighted by Gasteiger charge is -2.08. The van der Waals surface area contributed by atoms with E-state index in [0.717, 1.165) is 11.3 Å². The highest BCUT2D eigenvalue weighted by Gasteiger charge is 2.16. The zero-order valence-electron chi connectivity index (χ0n) is 20.3. The average Bonchev–Trinajstić information content (AvgIpc) is 3.51. The van der Waals surface area contributed by atoms with Crippen molar-refractivity contribution in [1.29, 1.82) is 0 Å². The number of aryl methyl sites for hydroxylation is 1. The highest BCUT2D eigenvalue weighted by atomic mass is 16.5. The number of H-pyrrole nitrogens is 1. The van der Waals surface area contributed by atoms with E-state index in [-0.39, 0.29) is 11.5 Å². The van der Waals surface area contributed by atoms with E-state index in [2.05, 4.69) is 25.5 Å². The molecule has 0 spiro atoms. The largest absolute Gasteiger partial charge is 0.493 e. The van der Waals surface area contributed by atoms with E-state index in [4.69, 9.17) is 9.47 Å². The van der Waals surface area contributed by atoms with Crippen LogP contribution in [0.25, 0.3) is 28.7 Å². The number of nitrogens with zero attached hydrogens (tertiary/aromatic N) is 5. The SMILES string of the molecule is COc1ccc(/C=C\C(=O)Nc2cc(C)nn2-c2nc3c(cnn3-c3ccccc3)c(=O)[nH]2)cc1OC. The molecule has 0 unspecified atom stereocenters. The van der Waals surface area contributed by atoms with Gasteiger partial charge in [-0.15, -0.1) is 0 Å². The van der Waals surface area contributed by atoms with Gasteiger partial charge in [0.1, 0.15) is 11.2 Å². The van der Waals surface area contributed by atoms with Gasteiger partial charge in [-0.3, -0.25) is 14.6 Å². The van der Waals surface area contributed by atoms with Crippen LogP contribution >= 0.6 is 0 Å². The van der Waals surface area contributed by atoms with Gasteiger partial charge in [0.25, 0.3) is 5.56 Å². The Morgan fingerprint density at radius 2 is 1.81 bits per heavy atom. The first-order valence-corrected chi connectivity index (χ1v) is 11.3. The molecule has 11 nitrogen and oxygen atoms in total. The maximum atomic E-state index is 12.8. The molecule has 1 amide bonds. The van der Waals surface area contributed by atoms with E-state index < -0.39 is 5.91 Å². The first-order chi connectivity index (χ1) is 18.0. The molecule has 0 radical (unpaired) electrons. The number of rotatable bonds is 7. The van der Waals surface area contributed by atoms with Crippen LogP contribution in [-0.4, -0.2) is 49.7 Å². The summed E-state index contributed by atoms with van der Waals surface area (Å²) in [5, 5.41) is 11.9. The Morgan fingerprint density at radius 3 is 2.57 bits per heavy atom. The fraction of sp³-hybridized carbons (Fsp3) is 0.115. The Kier molecular flexibility index (Phi) is 6.25. The summed E-state index contributed by atoms with van der Waals surface area (Å²) < 4.78 is 13.5. The zero-order valence-corrected chi connectivity index (χ0v) is 20.3. The normalized spacial score (nSPS) is 11.2. The molecular weight excluding hydrogens is 474 g/mol. The van der Waals surface area contributed by atoms with Crippen LogP contribution in [0.2, 0.25) is 0 Å². The number of carbonyl (C=O) groups is 1. The summed E-state index contributed by atoms with van der Waals surface area (Å²) in [5.41, 5.74) is 2.12. The molecule has 3 heterocycles. The summed E-state index contributed by atoms with van der Waals surface area (Å²) in [5.74, 6) is 1.23. The molecule has 2 aromatic carbocycles. The molecule has 0 saturated heterocycles. The minimum Gasteiger partial charge on any atom is -0.493 e. The van der Waals surface area contributed by atoms with Crippen molar-refractivity contribution in [2.75, 3.05) is 19.5 Å². The van der Waals surface area contributed by atoms with Crippen LogP contribution in [0.5, 0.6) is 11.5 Å². The van der Waals surface area contributed by atoms with Gasteiger partial charge in [-0.05, 0) is 42.8 Å². The summed E-state index contributed by atoms with van der Waals surface area (Å²) in [6.07, 6.45) is 4.50. The number of nitrogens with one attached hydrogen (secondary N) is 2. The number of hydrogen-bond acceptors (Lipinski definition) is 7. The molecule has 0 saturated carbocycles. The maximum absolute atomic E-state index is 12.8. The Balaban J connectivity index is 1.45.